The van der Waals surface area contributed by atoms with Crippen LogP contribution in [0.4, 0.5) is 11.4 Å². The molecular weight excluding hydrogens is 1780 g/mol. The van der Waals surface area contributed by atoms with E-state index in [0.29, 0.717) is 124 Å². The van der Waals surface area contributed by atoms with Crippen LogP contribution in [0.25, 0.3) is 0 Å². The molecule has 141 heavy (non-hydrogen) atoms. The molecule has 0 saturated carbocycles. The van der Waals surface area contributed by atoms with E-state index in [2.05, 4.69) is 176 Å². The smallest absolute Gasteiger partial charge is 0.347 e. The van der Waals surface area contributed by atoms with Crippen molar-refractivity contribution in [3.63, 3.8) is 0 Å². The van der Waals surface area contributed by atoms with Gasteiger partial charge in [-0.25, -0.2) is 19.4 Å². The number of aryl methyl sites for hydroxylation is 5. The molecule has 0 spiro atoms. The minimum Gasteiger partial charge on any atom is -0.508 e. The molecule has 6 heterocycles. The number of phenols is 1. The van der Waals surface area contributed by atoms with Crippen LogP contribution in [0.3, 0.4) is 0 Å². The third-order valence-electron chi connectivity index (χ3n) is 25.5. The van der Waals surface area contributed by atoms with Crippen LogP contribution < -0.4 is 38.2 Å². The summed E-state index contributed by atoms with van der Waals surface area (Å²) in [5, 5.41) is 9.48. The standard InChI is InChI=1S/3C25H23NO3.C17H15NO3.C15H11NO4.C9H6O4/c3*1-16-5-7-17(8-6-16)25(2,3)18-9-11-19(12-10-18)29-20-13-14-21-22(15-20)24(28)26(4)23(21)27;1-10-6-11(2)8-12(7-10)18-16(19)14-5-4-13(21-3)9-15(14)17(18)20;1-20-11-5-6-12-13(8-11)15(19)16(14(12)18)9-3-2-4-10(17)7-9;1-12-5-2-3-6-7(4-5)9(11)13-8(6)10/h3*5-15H,1-4H3;4-9H,1-3H3;2-8,17H,1H3;2-4H,1H3. The molecule has 0 fully saturated rings. The van der Waals surface area contributed by atoms with E-state index >= 15 is 0 Å². The number of phenolic OH excluding ortho intramolecular Hbond substituents is 1. The Morgan fingerprint density at radius 3 is 0.766 bits per heavy atom. The Balaban J connectivity index is 0.000000130. The number of fused-ring (bicyclic) bond motifs is 6. The molecule has 0 unspecified atom stereocenters. The van der Waals surface area contributed by atoms with Crippen LogP contribution in [0, 0.1) is 34.6 Å². The molecule has 1 N–H and O–H groups in total. The first-order valence-electron chi connectivity index (χ1n) is 45.1. The van der Waals surface area contributed by atoms with E-state index in [1.54, 1.807) is 109 Å². The van der Waals surface area contributed by atoms with Crippen molar-refractivity contribution in [1.29, 1.82) is 0 Å². The van der Waals surface area contributed by atoms with Crippen molar-refractivity contribution < 1.29 is 95.8 Å². The fourth-order valence-corrected chi connectivity index (χ4v) is 16.9. The first-order valence-corrected chi connectivity index (χ1v) is 45.1. The Hall–Kier alpha value is -17.5. The maximum atomic E-state index is 12.5. The quantitative estimate of drug-likeness (QED) is 0.0503. The number of nitrogens with zero attached hydrogens (tertiary/aromatic N) is 5. The Morgan fingerprint density at radius 1 is 0.227 bits per heavy atom. The summed E-state index contributed by atoms with van der Waals surface area (Å²) in [6.45, 7) is 23.4. The number of methoxy groups -OCH3 is 3. The molecule has 20 rings (SSSR count). The summed E-state index contributed by atoms with van der Waals surface area (Å²) in [5.41, 5.74) is 18.0. The second kappa shape index (κ2) is 40.1. The molecule has 25 nitrogen and oxygen atoms in total. The first-order chi connectivity index (χ1) is 67.1. The minimum absolute atomic E-state index is 0.00311. The van der Waals surface area contributed by atoms with Crippen LogP contribution in [-0.2, 0) is 21.0 Å². The van der Waals surface area contributed by atoms with Gasteiger partial charge in [0.15, 0.2) is 0 Å². The lowest BCUT2D eigenvalue weighted by Crippen LogP contribution is -2.29. The summed E-state index contributed by atoms with van der Waals surface area (Å²) >= 11 is 0. The van der Waals surface area contributed by atoms with Crippen LogP contribution in [-0.4, -0.2) is 133 Å². The highest BCUT2D eigenvalue weighted by atomic mass is 16.6. The van der Waals surface area contributed by atoms with E-state index in [9.17, 15) is 62.6 Å². The molecule has 0 aromatic heterocycles. The van der Waals surface area contributed by atoms with Crippen LogP contribution in [0.2, 0.25) is 0 Å². The highest BCUT2D eigenvalue weighted by Gasteiger charge is 2.41. The number of rotatable bonds is 17. The lowest BCUT2D eigenvalue weighted by Gasteiger charge is -2.26. The molecule has 710 valence electrons. The summed E-state index contributed by atoms with van der Waals surface area (Å²) in [6, 6.07) is 90.7. The number of cyclic esters (lactones) is 2. The molecule has 25 heteroatoms. The van der Waals surface area contributed by atoms with Crippen molar-refractivity contribution in [3.8, 4) is 57.5 Å². The third-order valence-corrected chi connectivity index (χ3v) is 25.5. The summed E-state index contributed by atoms with van der Waals surface area (Å²) in [4.78, 5) is 150. The number of amides is 10. The van der Waals surface area contributed by atoms with Crippen LogP contribution in [0.1, 0.15) is 227 Å². The van der Waals surface area contributed by atoms with Gasteiger partial charge < -0.3 is 38.3 Å². The van der Waals surface area contributed by atoms with E-state index in [-0.39, 0.29) is 74.8 Å². The average molecular weight is 1890 g/mol. The predicted molar refractivity (Wildman–Crippen MR) is 533 cm³/mol. The second-order valence-corrected chi connectivity index (χ2v) is 36.2. The van der Waals surface area contributed by atoms with Crippen molar-refractivity contribution >= 4 is 82.4 Å². The molecule has 0 saturated heterocycles. The van der Waals surface area contributed by atoms with E-state index in [1.165, 1.54) is 122 Å². The van der Waals surface area contributed by atoms with Gasteiger partial charge in [-0.3, -0.25) is 62.6 Å². The molecule has 14 aromatic rings. The predicted octanol–water partition coefficient (Wildman–Crippen LogP) is 22.3. The molecule has 10 amide bonds. The molecule has 6 aliphatic rings. The molecule has 0 atom stereocenters. The third kappa shape index (κ3) is 20.2. The molecule has 0 aliphatic carbocycles. The number of benzene rings is 14. The number of hydrogen-bond donors (Lipinski definition) is 1. The van der Waals surface area contributed by atoms with Crippen LogP contribution >= 0.6 is 0 Å². The van der Waals surface area contributed by atoms with E-state index in [1.807, 2.05) is 68.4 Å². The van der Waals surface area contributed by atoms with Crippen LogP contribution in [0.15, 0.2) is 297 Å². The fraction of sp³-hybridized carbons (Fsp3) is 0.172. The maximum absolute atomic E-state index is 12.5. The van der Waals surface area contributed by atoms with E-state index in [0.717, 1.165) is 30.7 Å². The fourth-order valence-electron chi connectivity index (χ4n) is 16.9. The molecule has 14 aromatic carbocycles. The molecule has 6 aliphatic heterocycles. The van der Waals surface area contributed by atoms with Crippen molar-refractivity contribution in [1.82, 2.24) is 14.7 Å². The van der Waals surface area contributed by atoms with Gasteiger partial charge in [-0.2, -0.15) is 0 Å². The lowest BCUT2D eigenvalue weighted by molar-refractivity contribution is 0.0439. The van der Waals surface area contributed by atoms with E-state index in [4.69, 9.17) is 28.4 Å². The number of anilines is 2. The second-order valence-electron chi connectivity index (χ2n) is 36.2. The van der Waals surface area contributed by atoms with Gasteiger partial charge >= 0.3 is 11.9 Å². The van der Waals surface area contributed by atoms with E-state index < -0.39 is 23.8 Å². The zero-order valence-electron chi connectivity index (χ0n) is 80.7. The zero-order chi connectivity index (χ0) is 101. The average Bonchev–Trinajstić information content (AvgIpc) is 1.62. The highest BCUT2D eigenvalue weighted by molar-refractivity contribution is 6.36. The largest absolute Gasteiger partial charge is 0.508 e. The van der Waals surface area contributed by atoms with Gasteiger partial charge in [0.25, 0.3) is 59.1 Å². The topological polar surface area (TPSA) is 306 Å². The van der Waals surface area contributed by atoms with Gasteiger partial charge in [0, 0.05) is 43.5 Å². The SMILES string of the molecule is COc1ccc2c(c1)C(=O)N(c1cc(C)cc(C)c1)C2=O.COc1ccc2c(c1)C(=O)N(c1cccc(O)c1)C2=O.COc1ccc2c(c1)C(=O)OC2=O.Cc1ccc(C(C)(C)c2ccc(Oc3ccc4c(c3)C(=O)N(C)C4=O)cc2)cc1.Cc1ccc(C(C)(C)c2ccc(Oc3ccc4c(c3)C(=O)N(C)C4=O)cc2)cc1.Cc1ccc(C(C)(C)c2ccc(Oc3ccc4c(c3)C(=O)N(C)C4=O)cc2)cc1. The Labute approximate surface area is 815 Å². The van der Waals surface area contributed by atoms with Gasteiger partial charge in [-0.1, -0.05) is 180 Å². The van der Waals surface area contributed by atoms with Gasteiger partial charge in [0.1, 0.15) is 57.5 Å². The summed E-state index contributed by atoms with van der Waals surface area (Å²) in [6.07, 6.45) is 0. The summed E-state index contributed by atoms with van der Waals surface area (Å²) in [7, 11) is 8.98. The van der Waals surface area contributed by atoms with Gasteiger partial charge in [0.2, 0.25) is 0 Å². The number of carbonyl (C=O) groups is 12. The monoisotopic (exact) mass is 1880 g/mol. The zero-order valence-corrected chi connectivity index (χ0v) is 80.7. The molecule has 0 radical (unpaired) electrons. The van der Waals surface area contributed by atoms with Crippen molar-refractivity contribution in [2.24, 2.45) is 0 Å². The number of ether oxygens (including phenoxy) is 7. The highest BCUT2D eigenvalue weighted by Crippen LogP contribution is 2.42. The van der Waals surface area contributed by atoms with Crippen molar-refractivity contribution in [3.05, 3.63) is 425 Å². The number of hydrogen-bond acceptors (Lipinski definition) is 20. The Morgan fingerprint density at radius 2 is 0.461 bits per heavy atom. The van der Waals surface area contributed by atoms with Gasteiger partial charge in [-0.05, 0) is 249 Å². The summed E-state index contributed by atoms with van der Waals surface area (Å²) in [5.74, 6) is 0.884. The Kier molecular flexibility index (Phi) is 27.9. The number of imide groups is 5. The minimum atomic E-state index is -0.612. The maximum Gasteiger partial charge on any atom is 0.347 e. The van der Waals surface area contributed by atoms with Gasteiger partial charge in [0.05, 0.1) is 99.5 Å². The van der Waals surface area contributed by atoms with Gasteiger partial charge in [-0.15, -0.1) is 0 Å². The molecular formula is C116H101N5O20. The Bertz CT molecular complexity index is 6940. The summed E-state index contributed by atoms with van der Waals surface area (Å²) < 4.78 is 37.3. The number of aromatic hydroxyl groups is 1. The number of esters is 2. The number of carbonyl (C=O) groups excluding carboxylic acids is 12. The van der Waals surface area contributed by atoms with Crippen LogP contribution in [0.5, 0.6) is 57.5 Å². The lowest BCUT2D eigenvalue weighted by atomic mass is 9.78. The first kappa shape index (κ1) is 98.0. The normalized spacial score (nSPS) is 13.6. The molecule has 0 bridgehead atoms. The van der Waals surface area contributed by atoms with Crippen molar-refractivity contribution in [2.45, 2.75) is 92.4 Å². The van der Waals surface area contributed by atoms with Crippen molar-refractivity contribution in [2.75, 3.05) is 52.3 Å².